The molecule has 0 radical (unpaired) electrons. The SMILES string of the molecule is O=C1Nc2cc(OCCO)c(Cl)cc2[C@@](/C=C/C2CC2)(C(F)(F)F)N1. The number of aliphatic hydroxyl groups excluding tert-OH is 1. The van der Waals surface area contributed by atoms with E-state index in [-0.39, 0.29) is 41.2 Å². The van der Waals surface area contributed by atoms with Crippen LogP contribution in [0, 0.1) is 5.92 Å². The Morgan fingerprint density at radius 2 is 2.12 bits per heavy atom. The lowest BCUT2D eigenvalue weighted by atomic mass is 9.85. The van der Waals surface area contributed by atoms with Crippen molar-refractivity contribution in [2.75, 3.05) is 18.5 Å². The molecule has 3 rings (SSSR count). The van der Waals surface area contributed by atoms with E-state index in [9.17, 15) is 18.0 Å². The molecule has 1 aliphatic heterocycles. The number of anilines is 1. The van der Waals surface area contributed by atoms with Crippen molar-refractivity contribution in [2.24, 2.45) is 5.92 Å². The fraction of sp³-hybridized carbons (Fsp3) is 0.438. The number of hydrogen-bond acceptors (Lipinski definition) is 3. The number of carbonyl (C=O) groups excluding carboxylic acids is 1. The van der Waals surface area contributed by atoms with E-state index in [1.165, 1.54) is 12.1 Å². The van der Waals surface area contributed by atoms with Gasteiger partial charge in [0.2, 0.25) is 0 Å². The Kier molecular flexibility index (Phi) is 4.59. The number of aliphatic hydroxyl groups is 1. The van der Waals surface area contributed by atoms with Crippen molar-refractivity contribution >= 4 is 23.3 Å². The second kappa shape index (κ2) is 6.42. The number of rotatable bonds is 5. The summed E-state index contributed by atoms with van der Waals surface area (Å²) in [5.41, 5.74) is -2.91. The third kappa shape index (κ3) is 3.41. The van der Waals surface area contributed by atoms with E-state index < -0.39 is 17.7 Å². The van der Waals surface area contributed by atoms with Crippen LogP contribution in [0.5, 0.6) is 5.75 Å². The van der Waals surface area contributed by atoms with Crippen molar-refractivity contribution in [3.05, 3.63) is 34.9 Å². The minimum absolute atomic E-state index is 0.0427. The van der Waals surface area contributed by atoms with Crippen LogP contribution in [0.4, 0.5) is 23.7 Å². The van der Waals surface area contributed by atoms with Gasteiger partial charge in [0.15, 0.2) is 5.54 Å². The third-order valence-electron chi connectivity index (χ3n) is 4.09. The predicted molar refractivity (Wildman–Crippen MR) is 85.8 cm³/mol. The van der Waals surface area contributed by atoms with Gasteiger partial charge in [-0.1, -0.05) is 17.7 Å². The summed E-state index contributed by atoms with van der Waals surface area (Å²) in [5.74, 6) is 0.177. The molecule has 0 unspecified atom stereocenters. The first kappa shape index (κ1) is 17.9. The second-order valence-corrected chi connectivity index (χ2v) is 6.39. The van der Waals surface area contributed by atoms with E-state index in [0.29, 0.717) is 0 Å². The molecule has 5 nitrogen and oxygen atoms in total. The van der Waals surface area contributed by atoms with Gasteiger partial charge in [-0.15, -0.1) is 0 Å². The zero-order valence-corrected chi connectivity index (χ0v) is 13.7. The van der Waals surface area contributed by atoms with Crippen LogP contribution < -0.4 is 15.4 Å². The van der Waals surface area contributed by atoms with Crippen LogP contribution in [0.25, 0.3) is 0 Å². The van der Waals surface area contributed by atoms with E-state index in [4.69, 9.17) is 21.4 Å². The predicted octanol–water partition coefficient (Wildman–Crippen LogP) is 3.57. The molecule has 2 amide bonds. The smallest absolute Gasteiger partial charge is 0.419 e. The fourth-order valence-corrected chi connectivity index (χ4v) is 2.89. The molecule has 25 heavy (non-hydrogen) atoms. The summed E-state index contributed by atoms with van der Waals surface area (Å²) < 4.78 is 47.1. The van der Waals surface area contributed by atoms with Crippen molar-refractivity contribution in [3.63, 3.8) is 0 Å². The van der Waals surface area contributed by atoms with Crippen LogP contribution in [-0.2, 0) is 5.54 Å². The molecule has 2 aliphatic rings. The summed E-state index contributed by atoms with van der Waals surface area (Å²) in [6.45, 7) is -0.353. The first-order valence-corrected chi connectivity index (χ1v) is 8.07. The molecule has 136 valence electrons. The number of carbonyl (C=O) groups is 1. The summed E-state index contributed by atoms with van der Waals surface area (Å²) in [7, 11) is 0. The van der Waals surface area contributed by atoms with Gasteiger partial charge in [0.25, 0.3) is 0 Å². The van der Waals surface area contributed by atoms with Gasteiger partial charge in [-0.2, -0.15) is 13.2 Å². The first-order chi connectivity index (χ1) is 11.8. The van der Waals surface area contributed by atoms with Crippen LogP contribution in [0.3, 0.4) is 0 Å². The molecule has 0 saturated heterocycles. The first-order valence-electron chi connectivity index (χ1n) is 7.70. The highest BCUT2D eigenvalue weighted by Crippen LogP contribution is 2.48. The maximum atomic E-state index is 14.0. The van der Waals surface area contributed by atoms with E-state index in [2.05, 4.69) is 5.32 Å². The molecule has 1 aromatic carbocycles. The topological polar surface area (TPSA) is 70.6 Å². The normalized spacial score (nSPS) is 23.2. The largest absolute Gasteiger partial charge is 0.490 e. The Morgan fingerprint density at radius 1 is 1.40 bits per heavy atom. The molecule has 0 aromatic heterocycles. The number of halogens is 4. The van der Waals surface area contributed by atoms with Crippen LogP contribution in [0.1, 0.15) is 18.4 Å². The zero-order valence-electron chi connectivity index (χ0n) is 13.0. The highest BCUT2D eigenvalue weighted by Gasteiger charge is 2.58. The van der Waals surface area contributed by atoms with E-state index in [1.54, 1.807) is 0 Å². The number of hydrogen-bond donors (Lipinski definition) is 3. The number of amides is 2. The average Bonchev–Trinajstić information content (AvgIpc) is 3.34. The molecule has 1 saturated carbocycles. The van der Waals surface area contributed by atoms with Gasteiger partial charge in [-0.05, 0) is 30.9 Å². The molecule has 0 spiro atoms. The molecule has 1 atom stereocenters. The molecule has 3 N–H and O–H groups in total. The average molecular weight is 377 g/mol. The Bertz CT molecular complexity index is 719. The van der Waals surface area contributed by atoms with Gasteiger partial charge < -0.3 is 20.5 Å². The van der Waals surface area contributed by atoms with E-state index in [1.807, 2.05) is 5.32 Å². The Labute approximate surface area is 146 Å². The Hall–Kier alpha value is -1.93. The number of alkyl halides is 3. The summed E-state index contributed by atoms with van der Waals surface area (Å²) in [4.78, 5) is 11.9. The molecule has 1 heterocycles. The summed E-state index contributed by atoms with van der Waals surface area (Å²) in [6.07, 6.45) is -0.627. The monoisotopic (exact) mass is 376 g/mol. The lowest BCUT2D eigenvalue weighted by Crippen LogP contribution is -2.58. The molecule has 0 bridgehead atoms. The van der Waals surface area contributed by atoms with Crippen LogP contribution in [0.15, 0.2) is 24.3 Å². The maximum Gasteiger partial charge on any atom is 0.419 e. The fourth-order valence-electron chi connectivity index (χ4n) is 2.67. The minimum atomic E-state index is -4.76. The number of urea groups is 1. The number of nitrogens with one attached hydrogen (secondary N) is 2. The van der Waals surface area contributed by atoms with E-state index in [0.717, 1.165) is 25.0 Å². The van der Waals surface area contributed by atoms with Crippen molar-refractivity contribution in [2.45, 2.75) is 24.6 Å². The van der Waals surface area contributed by atoms with Crippen molar-refractivity contribution in [1.29, 1.82) is 0 Å². The maximum absolute atomic E-state index is 14.0. The number of allylic oxidation sites excluding steroid dienone is 1. The highest BCUT2D eigenvalue weighted by molar-refractivity contribution is 6.32. The third-order valence-corrected chi connectivity index (χ3v) is 4.39. The lowest BCUT2D eigenvalue weighted by molar-refractivity contribution is -0.181. The van der Waals surface area contributed by atoms with Crippen molar-refractivity contribution in [3.8, 4) is 5.75 Å². The zero-order chi connectivity index (χ0) is 18.2. The van der Waals surface area contributed by atoms with Crippen molar-refractivity contribution < 1.29 is 27.8 Å². The molecule has 1 fully saturated rings. The van der Waals surface area contributed by atoms with E-state index >= 15 is 0 Å². The summed E-state index contributed by atoms with van der Waals surface area (Å²) in [6, 6.07) is 1.39. The molecule has 1 aliphatic carbocycles. The minimum Gasteiger partial charge on any atom is -0.490 e. The second-order valence-electron chi connectivity index (χ2n) is 5.98. The number of ether oxygens (including phenoxy) is 1. The number of benzene rings is 1. The summed E-state index contributed by atoms with van der Waals surface area (Å²) in [5, 5.41) is 13.1. The highest BCUT2D eigenvalue weighted by atomic mass is 35.5. The van der Waals surface area contributed by atoms with Gasteiger partial charge in [-0.25, -0.2) is 4.79 Å². The lowest BCUT2D eigenvalue weighted by Gasteiger charge is -2.39. The van der Waals surface area contributed by atoms with Gasteiger partial charge >= 0.3 is 12.2 Å². The van der Waals surface area contributed by atoms with Crippen LogP contribution in [-0.4, -0.2) is 30.5 Å². The van der Waals surface area contributed by atoms with Crippen LogP contribution >= 0.6 is 11.6 Å². The van der Waals surface area contributed by atoms with Gasteiger partial charge in [0.1, 0.15) is 12.4 Å². The standard InChI is InChI=1S/C16H16ClF3N2O3/c17-11-7-10-12(8-13(11)25-6-5-23)21-14(24)22-15(10,16(18,19)20)4-3-9-1-2-9/h3-4,7-9,23H,1-2,5-6H2,(H2,21,22,24)/b4-3+/t15-/m0/s1. The molecule has 9 heteroatoms. The van der Waals surface area contributed by atoms with Gasteiger partial charge in [0, 0.05) is 11.6 Å². The molecule has 1 aromatic rings. The quantitative estimate of drug-likeness (QED) is 0.688. The van der Waals surface area contributed by atoms with Crippen LogP contribution in [0.2, 0.25) is 5.02 Å². The molecular formula is C16H16ClF3N2O3. The van der Waals surface area contributed by atoms with Crippen molar-refractivity contribution in [1.82, 2.24) is 5.32 Å². The molecular weight excluding hydrogens is 361 g/mol. The summed E-state index contributed by atoms with van der Waals surface area (Å²) >= 11 is 6.05. The van der Waals surface area contributed by atoms with Gasteiger partial charge in [0.05, 0.1) is 17.3 Å². The van der Waals surface area contributed by atoms with Gasteiger partial charge in [-0.3, -0.25) is 0 Å². The Morgan fingerprint density at radius 3 is 2.72 bits per heavy atom. The Balaban J connectivity index is 2.12. The number of fused-ring (bicyclic) bond motifs is 1.